The molecule has 0 unspecified atom stereocenters. The van der Waals surface area contributed by atoms with E-state index in [9.17, 15) is 0 Å². The minimum absolute atomic E-state index is 0.330. The Morgan fingerprint density at radius 2 is 1.62 bits per heavy atom. The summed E-state index contributed by atoms with van der Waals surface area (Å²) in [4.78, 5) is 0. The van der Waals surface area contributed by atoms with Crippen LogP contribution >= 0.6 is 0 Å². The molecule has 2 rings (SSSR count). The number of methoxy groups -OCH3 is 1. The zero-order chi connectivity index (χ0) is 11.4. The summed E-state index contributed by atoms with van der Waals surface area (Å²) in [6.45, 7) is 2.12. The minimum atomic E-state index is -0.330. The van der Waals surface area contributed by atoms with Crippen molar-refractivity contribution < 1.29 is 4.74 Å². The molecular weight excluding hydrogens is 312 g/mol. The number of benzene rings is 2. The molecule has 0 aliphatic heterocycles. The van der Waals surface area contributed by atoms with Gasteiger partial charge in [0.25, 0.3) is 0 Å². The third kappa shape index (κ3) is 2.78. The zero-order valence-electron chi connectivity index (χ0n) is 9.44. The van der Waals surface area contributed by atoms with Crippen molar-refractivity contribution in [2.45, 2.75) is 6.92 Å². The van der Waals surface area contributed by atoms with E-state index in [4.69, 9.17) is 4.74 Å². The second-order valence-electron chi connectivity index (χ2n) is 3.57. The molecule has 0 fully saturated rings. The second kappa shape index (κ2) is 5.39. The van der Waals surface area contributed by atoms with E-state index in [1.165, 1.54) is 12.8 Å². The predicted octanol–water partition coefficient (Wildman–Crippen LogP) is 1.66. The topological polar surface area (TPSA) is 9.23 Å². The first-order valence-corrected chi connectivity index (χ1v) is 7.50. The molecule has 82 valence electrons. The molecule has 2 heteroatoms. The van der Waals surface area contributed by atoms with Crippen LogP contribution in [0.3, 0.4) is 0 Å². The SMILES string of the molecule is COc1ccccc1[Te]c1ccc(C)cc1. The Hall–Kier alpha value is -0.970. The van der Waals surface area contributed by atoms with Crippen molar-refractivity contribution >= 4 is 28.1 Å². The zero-order valence-corrected chi connectivity index (χ0v) is 11.8. The number of hydrogen-bond acceptors (Lipinski definition) is 1. The monoisotopic (exact) mass is 328 g/mol. The van der Waals surface area contributed by atoms with Crippen molar-refractivity contribution in [2.24, 2.45) is 0 Å². The van der Waals surface area contributed by atoms with Gasteiger partial charge in [0.15, 0.2) is 0 Å². The van der Waals surface area contributed by atoms with E-state index < -0.39 is 0 Å². The van der Waals surface area contributed by atoms with Crippen LogP contribution in [-0.2, 0) is 0 Å². The Labute approximate surface area is 107 Å². The van der Waals surface area contributed by atoms with E-state index >= 15 is 0 Å². The van der Waals surface area contributed by atoms with E-state index in [0.29, 0.717) is 0 Å². The van der Waals surface area contributed by atoms with Gasteiger partial charge in [-0.1, -0.05) is 0 Å². The molecule has 0 saturated carbocycles. The van der Waals surface area contributed by atoms with Gasteiger partial charge in [0.2, 0.25) is 0 Å². The van der Waals surface area contributed by atoms with Gasteiger partial charge in [0, 0.05) is 0 Å². The maximum atomic E-state index is 5.37. The van der Waals surface area contributed by atoms with E-state index in [0.717, 1.165) is 5.75 Å². The van der Waals surface area contributed by atoms with Crippen molar-refractivity contribution in [1.29, 1.82) is 0 Å². The van der Waals surface area contributed by atoms with Crippen molar-refractivity contribution in [2.75, 3.05) is 7.11 Å². The number of para-hydroxylation sites is 1. The van der Waals surface area contributed by atoms with Crippen LogP contribution in [0.4, 0.5) is 0 Å². The van der Waals surface area contributed by atoms with E-state index in [-0.39, 0.29) is 20.9 Å². The third-order valence-corrected chi connectivity index (χ3v) is 5.36. The third-order valence-electron chi connectivity index (χ3n) is 2.32. The fraction of sp³-hybridized carbons (Fsp3) is 0.143. The van der Waals surface area contributed by atoms with Crippen LogP contribution in [0.2, 0.25) is 0 Å². The van der Waals surface area contributed by atoms with Gasteiger partial charge in [-0.25, -0.2) is 0 Å². The van der Waals surface area contributed by atoms with Gasteiger partial charge in [0.1, 0.15) is 0 Å². The second-order valence-corrected chi connectivity index (χ2v) is 6.75. The average molecular weight is 326 g/mol. The van der Waals surface area contributed by atoms with Crippen molar-refractivity contribution in [3.8, 4) is 5.75 Å². The van der Waals surface area contributed by atoms with E-state index in [2.05, 4.69) is 43.3 Å². The fourth-order valence-electron chi connectivity index (χ4n) is 1.44. The number of ether oxygens (including phenoxy) is 1. The van der Waals surface area contributed by atoms with Gasteiger partial charge < -0.3 is 0 Å². The fourth-order valence-corrected chi connectivity index (χ4v) is 4.08. The molecule has 16 heavy (non-hydrogen) atoms. The Morgan fingerprint density at radius 1 is 0.938 bits per heavy atom. The molecule has 1 nitrogen and oxygen atoms in total. The molecule has 0 aliphatic rings. The molecule has 0 radical (unpaired) electrons. The number of rotatable bonds is 3. The van der Waals surface area contributed by atoms with Crippen LogP contribution in [0.5, 0.6) is 5.75 Å². The molecule has 2 aromatic rings. The normalized spacial score (nSPS) is 10.1. The Morgan fingerprint density at radius 3 is 2.31 bits per heavy atom. The van der Waals surface area contributed by atoms with Crippen LogP contribution in [0.25, 0.3) is 0 Å². The van der Waals surface area contributed by atoms with Gasteiger partial charge in [-0.2, -0.15) is 0 Å². The van der Waals surface area contributed by atoms with Crippen molar-refractivity contribution in [1.82, 2.24) is 0 Å². The molecular formula is C14H14OTe. The first-order valence-electron chi connectivity index (χ1n) is 5.17. The van der Waals surface area contributed by atoms with Gasteiger partial charge in [-0.3, -0.25) is 0 Å². The van der Waals surface area contributed by atoms with Crippen LogP contribution < -0.4 is 12.0 Å². The van der Waals surface area contributed by atoms with Gasteiger partial charge >= 0.3 is 107 Å². The summed E-state index contributed by atoms with van der Waals surface area (Å²) < 4.78 is 8.18. The molecule has 0 aromatic heterocycles. The quantitative estimate of drug-likeness (QED) is 0.780. The van der Waals surface area contributed by atoms with E-state index in [1.54, 1.807) is 7.11 Å². The molecule has 0 bridgehead atoms. The van der Waals surface area contributed by atoms with E-state index in [1.807, 2.05) is 12.1 Å². The summed E-state index contributed by atoms with van der Waals surface area (Å²) in [5.41, 5.74) is 1.32. The first-order chi connectivity index (χ1) is 7.79. The first kappa shape index (κ1) is 11.5. The van der Waals surface area contributed by atoms with Gasteiger partial charge in [-0.15, -0.1) is 0 Å². The summed E-state index contributed by atoms with van der Waals surface area (Å²) in [6.07, 6.45) is 0. The molecule has 0 amide bonds. The Bertz CT molecular complexity index is 462. The molecule has 0 N–H and O–H groups in total. The summed E-state index contributed by atoms with van der Waals surface area (Å²) in [6, 6.07) is 17.1. The molecule has 0 spiro atoms. The summed E-state index contributed by atoms with van der Waals surface area (Å²) in [5, 5.41) is 0. The Kier molecular flexibility index (Phi) is 3.88. The van der Waals surface area contributed by atoms with Crippen molar-refractivity contribution in [3.63, 3.8) is 0 Å². The molecule has 2 aromatic carbocycles. The average Bonchev–Trinajstić information content (AvgIpc) is 2.33. The summed E-state index contributed by atoms with van der Waals surface area (Å²) >= 11 is -0.330. The van der Waals surface area contributed by atoms with Crippen LogP contribution in [0, 0.1) is 6.92 Å². The Balaban J connectivity index is 2.23. The summed E-state index contributed by atoms with van der Waals surface area (Å²) in [7, 11) is 1.74. The molecule has 0 saturated heterocycles. The maximum absolute atomic E-state index is 5.37. The molecule has 0 heterocycles. The standard InChI is InChI=1S/C14H14OTe/c1-11-7-9-12(10-8-11)16-14-6-4-3-5-13(14)15-2/h3-10H,1-2H3. The van der Waals surface area contributed by atoms with Crippen LogP contribution in [0.1, 0.15) is 5.56 Å². The molecule has 0 atom stereocenters. The number of aryl methyl sites for hydroxylation is 1. The van der Waals surface area contributed by atoms with Crippen molar-refractivity contribution in [3.05, 3.63) is 54.1 Å². The van der Waals surface area contributed by atoms with Gasteiger partial charge in [-0.05, 0) is 0 Å². The number of hydrogen-bond donors (Lipinski definition) is 0. The molecule has 0 aliphatic carbocycles. The summed E-state index contributed by atoms with van der Waals surface area (Å²) in [5.74, 6) is 1.02. The van der Waals surface area contributed by atoms with Gasteiger partial charge in [0.05, 0.1) is 0 Å². The van der Waals surface area contributed by atoms with Crippen LogP contribution in [0.15, 0.2) is 48.5 Å². The predicted molar refractivity (Wildman–Crippen MR) is 69.2 cm³/mol. The van der Waals surface area contributed by atoms with Crippen LogP contribution in [-0.4, -0.2) is 28.0 Å².